The summed E-state index contributed by atoms with van der Waals surface area (Å²) >= 11 is 0. The number of nitrogens with one attached hydrogen (secondary N) is 1. The number of fused-ring (bicyclic) bond motifs is 1. The molecule has 4 rings (SSSR count). The molecule has 2 aromatic heterocycles. The molecule has 1 N–H and O–H groups in total. The maximum Gasteiger partial charge on any atom is 0.251 e. The highest BCUT2D eigenvalue weighted by atomic mass is 16.1. The fourth-order valence-corrected chi connectivity index (χ4v) is 2.79. The Hall–Kier alpha value is -3.54. The molecule has 0 aliphatic rings. The van der Waals surface area contributed by atoms with Crippen LogP contribution in [-0.2, 0) is 6.54 Å². The zero-order valence-corrected chi connectivity index (χ0v) is 15.2. The van der Waals surface area contributed by atoms with Crippen molar-refractivity contribution in [1.82, 2.24) is 25.1 Å². The number of amides is 1. The number of carbonyl (C=O) groups excluding carboxylic acids is 1. The van der Waals surface area contributed by atoms with Crippen molar-refractivity contribution in [3.8, 4) is 11.3 Å². The van der Waals surface area contributed by atoms with Crippen LogP contribution < -0.4 is 5.32 Å². The van der Waals surface area contributed by atoms with Crippen molar-refractivity contribution >= 4 is 11.6 Å². The molecular formula is C21H19N5O. The Morgan fingerprint density at radius 3 is 2.26 bits per heavy atom. The summed E-state index contributed by atoms with van der Waals surface area (Å²) in [6, 6.07) is 19.4. The van der Waals surface area contributed by atoms with Crippen molar-refractivity contribution in [2.45, 2.75) is 20.4 Å². The molecule has 4 aromatic rings. The molecule has 0 radical (unpaired) electrons. The third-order valence-corrected chi connectivity index (χ3v) is 4.40. The van der Waals surface area contributed by atoms with Gasteiger partial charge in [-0.25, -0.2) is 0 Å². The van der Waals surface area contributed by atoms with Gasteiger partial charge in [-0.15, -0.1) is 10.2 Å². The molecule has 2 aromatic carbocycles. The maximum atomic E-state index is 12.3. The van der Waals surface area contributed by atoms with Gasteiger partial charge in [0.15, 0.2) is 11.5 Å². The molecule has 6 nitrogen and oxygen atoms in total. The van der Waals surface area contributed by atoms with Crippen LogP contribution in [0.3, 0.4) is 0 Å². The second-order valence-corrected chi connectivity index (χ2v) is 6.52. The first-order valence-corrected chi connectivity index (χ1v) is 8.73. The number of hydrogen-bond acceptors (Lipinski definition) is 4. The molecule has 0 saturated heterocycles. The first kappa shape index (κ1) is 16.9. The van der Waals surface area contributed by atoms with Gasteiger partial charge in [0.05, 0.1) is 12.2 Å². The van der Waals surface area contributed by atoms with Gasteiger partial charge < -0.3 is 5.32 Å². The minimum Gasteiger partial charge on any atom is -0.345 e. The van der Waals surface area contributed by atoms with E-state index < -0.39 is 0 Å². The highest BCUT2D eigenvalue weighted by Gasteiger charge is 2.11. The Morgan fingerprint density at radius 2 is 1.56 bits per heavy atom. The molecule has 0 aliphatic heterocycles. The molecule has 0 bridgehead atoms. The molecule has 0 unspecified atom stereocenters. The highest BCUT2D eigenvalue weighted by Crippen LogP contribution is 2.18. The van der Waals surface area contributed by atoms with E-state index in [0.717, 1.165) is 16.8 Å². The van der Waals surface area contributed by atoms with Gasteiger partial charge in [0.2, 0.25) is 0 Å². The van der Waals surface area contributed by atoms with E-state index in [0.29, 0.717) is 17.0 Å². The van der Waals surface area contributed by atoms with Crippen molar-refractivity contribution in [2.24, 2.45) is 0 Å². The van der Waals surface area contributed by atoms with Crippen LogP contribution in [0.15, 0.2) is 60.7 Å². The third kappa shape index (κ3) is 3.55. The number of carbonyl (C=O) groups is 1. The van der Waals surface area contributed by atoms with Gasteiger partial charge in [-0.1, -0.05) is 47.5 Å². The highest BCUT2D eigenvalue weighted by molar-refractivity contribution is 5.94. The third-order valence-electron chi connectivity index (χ3n) is 4.40. The van der Waals surface area contributed by atoms with E-state index >= 15 is 0 Å². The normalized spacial score (nSPS) is 10.9. The lowest BCUT2D eigenvalue weighted by Gasteiger charge is -2.06. The number of benzene rings is 2. The van der Waals surface area contributed by atoms with Crippen LogP contribution in [0.1, 0.15) is 27.3 Å². The summed E-state index contributed by atoms with van der Waals surface area (Å²) < 4.78 is 1.67. The predicted octanol–water partition coefficient (Wildman–Crippen LogP) is 3.34. The maximum absolute atomic E-state index is 12.3. The minimum atomic E-state index is -0.151. The lowest BCUT2D eigenvalue weighted by atomic mass is 10.1. The van der Waals surface area contributed by atoms with Crippen molar-refractivity contribution in [2.75, 3.05) is 0 Å². The van der Waals surface area contributed by atoms with E-state index in [1.54, 1.807) is 16.6 Å². The van der Waals surface area contributed by atoms with E-state index in [2.05, 4.69) is 39.7 Å². The lowest BCUT2D eigenvalue weighted by molar-refractivity contribution is 0.0949. The average Bonchev–Trinajstić information content (AvgIpc) is 3.09. The zero-order valence-electron chi connectivity index (χ0n) is 15.2. The molecule has 0 spiro atoms. The molecule has 1 amide bonds. The van der Waals surface area contributed by atoms with E-state index in [4.69, 9.17) is 0 Å². The molecule has 27 heavy (non-hydrogen) atoms. The molecule has 6 heteroatoms. The zero-order chi connectivity index (χ0) is 18.8. The SMILES string of the molecule is Cc1ccc(C(=O)NCc2nnc3ccc(-c4ccc(C)cc4)nn23)cc1. The molecule has 2 heterocycles. The van der Waals surface area contributed by atoms with E-state index in [9.17, 15) is 4.79 Å². The molecule has 134 valence electrons. The van der Waals surface area contributed by atoms with Crippen LogP contribution in [0.2, 0.25) is 0 Å². The van der Waals surface area contributed by atoms with Gasteiger partial charge in [-0.3, -0.25) is 4.79 Å². The molecule has 0 atom stereocenters. The Bertz CT molecular complexity index is 1100. The van der Waals surface area contributed by atoms with Crippen LogP contribution in [0.5, 0.6) is 0 Å². The van der Waals surface area contributed by atoms with Crippen molar-refractivity contribution in [3.63, 3.8) is 0 Å². The van der Waals surface area contributed by atoms with Crippen molar-refractivity contribution < 1.29 is 4.79 Å². The second-order valence-electron chi connectivity index (χ2n) is 6.52. The van der Waals surface area contributed by atoms with E-state index in [-0.39, 0.29) is 12.5 Å². The Kier molecular flexibility index (Phi) is 4.38. The quantitative estimate of drug-likeness (QED) is 0.608. The molecule has 0 aliphatic carbocycles. The Balaban J connectivity index is 1.56. The van der Waals surface area contributed by atoms with Crippen molar-refractivity contribution in [3.05, 3.63) is 83.2 Å². The Labute approximate surface area is 156 Å². The number of aromatic nitrogens is 4. The van der Waals surface area contributed by atoms with Crippen LogP contribution in [0.4, 0.5) is 0 Å². The summed E-state index contributed by atoms with van der Waals surface area (Å²) in [7, 11) is 0. The second kappa shape index (κ2) is 6.99. The van der Waals surface area contributed by atoms with Crippen molar-refractivity contribution in [1.29, 1.82) is 0 Å². The largest absolute Gasteiger partial charge is 0.345 e. The fourth-order valence-electron chi connectivity index (χ4n) is 2.79. The summed E-state index contributed by atoms with van der Waals surface area (Å²) in [5.41, 5.74) is 5.42. The summed E-state index contributed by atoms with van der Waals surface area (Å²) in [6.45, 7) is 4.29. The minimum absolute atomic E-state index is 0.151. The van der Waals surface area contributed by atoms with Crippen LogP contribution in [-0.4, -0.2) is 25.7 Å². The van der Waals surface area contributed by atoms with Crippen LogP contribution in [0.25, 0.3) is 16.9 Å². The summed E-state index contributed by atoms with van der Waals surface area (Å²) in [4.78, 5) is 12.3. The van der Waals surface area contributed by atoms with Gasteiger partial charge in [0.1, 0.15) is 0 Å². The number of hydrogen-bond donors (Lipinski definition) is 1. The van der Waals surface area contributed by atoms with Crippen LogP contribution >= 0.6 is 0 Å². The lowest BCUT2D eigenvalue weighted by Crippen LogP contribution is -2.24. The summed E-state index contributed by atoms with van der Waals surface area (Å²) in [5.74, 6) is 0.431. The van der Waals surface area contributed by atoms with Gasteiger partial charge in [0.25, 0.3) is 5.91 Å². The molecule has 0 saturated carbocycles. The number of rotatable bonds is 4. The topological polar surface area (TPSA) is 72.2 Å². The van der Waals surface area contributed by atoms with Gasteiger partial charge in [-0.05, 0) is 38.1 Å². The standard InChI is InChI=1S/C21H19N5O/c1-14-3-7-16(8-4-14)18-11-12-19-23-24-20(26(19)25-18)13-22-21(27)17-9-5-15(2)6-10-17/h3-12H,13H2,1-2H3,(H,22,27). The average molecular weight is 357 g/mol. The van der Waals surface area contributed by atoms with Gasteiger partial charge in [0, 0.05) is 11.1 Å². The van der Waals surface area contributed by atoms with Gasteiger partial charge >= 0.3 is 0 Å². The monoisotopic (exact) mass is 357 g/mol. The summed E-state index contributed by atoms with van der Waals surface area (Å²) in [6.07, 6.45) is 0. The molecular weight excluding hydrogens is 338 g/mol. The van der Waals surface area contributed by atoms with Gasteiger partial charge in [-0.2, -0.15) is 9.61 Å². The van der Waals surface area contributed by atoms with E-state index in [1.165, 1.54) is 5.56 Å². The Morgan fingerprint density at radius 1 is 0.889 bits per heavy atom. The van der Waals surface area contributed by atoms with Crippen LogP contribution in [0, 0.1) is 13.8 Å². The molecule has 0 fully saturated rings. The first-order chi connectivity index (χ1) is 13.1. The predicted molar refractivity (Wildman–Crippen MR) is 103 cm³/mol. The number of aryl methyl sites for hydroxylation is 2. The number of nitrogens with zero attached hydrogens (tertiary/aromatic N) is 4. The van der Waals surface area contributed by atoms with E-state index in [1.807, 2.05) is 43.3 Å². The summed E-state index contributed by atoms with van der Waals surface area (Å²) in [5, 5.41) is 15.8. The smallest absolute Gasteiger partial charge is 0.251 e. The first-order valence-electron chi connectivity index (χ1n) is 8.73. The fraction of sp³-hybridized carbons (Fsp3) is 0.143.